The average Bonchev–Trinajstić information content (AvgIpc) is 2.46. The molecule has 0 amide bonds. The summed E-state index contributed by atoms with van der Waals surface area (Å²) in [5, 5.41) is 17.6. The van der Waals surface area contributed by atoms with Gasteiger partial charge in [-0.25, -0.2) is 8.42 Å². The van der Waals surface area contributed by atoms with Gasteiger partial charge in [0.05, 0.1) is 10.9 Å². The molecule has 116 valence electrons. The van der Waals surface area contributed by atoms with Crippen LogP contribution in [-0.2, 0) is 19.6 Å². The van der Waals surface area contributed by atoms with Crippen LogP contribution in [0.2, 0.25) is 0 Å². The van der Waals surface area contributed by atoms with Gasteiger partial charge in [-0.15, -0.1) is 0 Å². The third kappa shape index (κ3) is 3.64. The monoisotopic (exact) mass is 315 g/mol. The van der Waals surface area contributed by atoms with Gasteiger partial charge in [0.2, 0.25) is 10.0 Å². The van der Waals surface area contributed by atoms with Crippen molar-refractivity contribution in [1.82, 2.24) is 0 Å². The molecule has 1 fully saturated rings. The number of ether oxygens (including phenoxy) is 1. The first-order chi connectivity index (χ1) is 9.91. The number of carboxylic acid groups (broad SMARTS) is 1. The first kappa shape index (κ1) is 15.6. The number of aliphatic carboxylic acids is 1. The minimum absolute atomic E-state index is 0.0162. The van der Waals surface area contributed by atoms with Crippen molar-refractivity contribution >= 4 is 21.7 Å². The molecule has 2 N–H and O–H groups in total. The minimum Gasteiger partial charge on any atom is -0.508 e. The Balaban J connectivity index is 2.34. The second kappa shape index (κ2) is 6.31. The summed E-state index contributed by atoms with van der Waals surface area (Å²) in [5.74, 6) is -1.25. The molecule has 0 atom stereocenters. The number of aromatic hydroxyl groups is 1. The largest absolute Gasteiger partial charge is 0.508 e. The zero-order valence-corrected chi connectivity index (χ0v) is 12.1. The lowest BCUT2D eigenvalue weighted by Crippen LogP contribution is -2.44. The normalized spacial score (nSPS) is 16.6. The lowest BCUT2D eigenvalue weighted by atomic mass is 10.2. The highest BCUT2D eigenvalue weighted by Crippen LogP contribution is 2.26. The van der Waals surface area contributed by atoms with E-state index in [0.29, 0.717) is 26.1 Å². The zero-order chi connectivity index (χ0) is 15.5. The van der Waals surface area contributed by atoms with Crippen LogP contribution in [0.15, 0.2) is 24.3 Å². The second-order valence-corrected chi connectivity index (χ2v) is 6.91. The molecule has 0 aliphatic carbocycles. The zero-order valence-electron chi connectivity index (χ0n) is 11.3. The van der Waals surface area contributed by atoms with Crippen molar-refractivity contribution in [2.24, 2.45) is 0 Å². The van der Waals surface area contributed by atoms with Gasteiger partial charge in [-0.1, -0.05) is 0 Å². The molecule has 1 aliphatic rings. The molecule has 2 rings (SSSR count). The predicted octanol–water partition coefficient (Wildman–Crippen LogP) is 0.792. The third-order valence-corrected chi connectivity index (χ3v) is 5.58. The molecule has 0 bridgehead atoms. The van der Waals surface area contributed by atoms with E-state index in [0.717, 1.165) is 4.31 Å². The maximum absolute atomic E-state index is 12.7. The minimum atomic E-state index is -3.79. The summed E-state index contributed by atoms with van der Waals surface area (Å²) in [7, 11) is -3.79. The van der Waals surface area contributed by atoms with Crippen molar-refractivity contribution in [3.8, 4) is 5.75 Å². The molecule has 0 spiro atoms. The summed E-state index contributed by atoms with van der Waals surface area (Å²) in [6, 6.07) is 5.41. The van der Waals surface area contributed by atoms with E-state index in [9.17, 15) is 18.3 Å². The first-order valence-corrected chi connectivity index (χ1v) is 8.01. The Hall–Kier alpha value is -1.80. The maximum atomic E-state index is 12.7. The topological polar surface area (TPSA) is 104 Å². The fourth-order valence-electron chi connectivity index (χ4n) is 2.22. The number of nitrogens with zero attached hydrogens (tertiary/aromatic N) is 1. The quantitative estimate of drug-likeness (QED) is 0.832. The summed E-state index contributed by atoms with van der Waals surface area (Å²) in [6.45, 7) is 0.0469. The summed E-state index contributed by atoms with van der Waals surface area (Å²) < 4.78 is 31.3. The van der Waals surface area contributed by atoms with Crippen LogP contribution >= 0.6 is 0 Å². The molecule has 0 saturated carbocycles. The van der Waals surface area contributed by atoms with Crippen LogP contribution in [0.4, 0.5) is 5.69 Å². The molecule has 7 nitrogen and oxygen atoms in total. The number of carbonyl (C=O) groups is 1. The Morgan fingerprint density at radius 1 is 1.24 bits per heavy atom. The van der Waals surface area contributed by atoms with E-state index < -0.39 is 27.8 Å². The van der Waals surface area contributed by atoms with Crippen LogP contribution in [0.3, 0.4) is 0 Å². The lowest BCUT2D eigenvalue weighted by Gasteiger charge is -2.30. The van der Waals surface area contributed by atoms with E-state index in [1.54, 1.807) is 0 Å². The summed E-state index contributed by atoms with van der Waals surface area (Å²) in [6.07, 6.45) is 0.688. The van der Waals surface area contributed by atoms with Gasteiger partial charge in [0, 0.05) is 13.2 Å². The summed E-state index contributed by atoms with van der Waals surface area (Å²) >= 11 is 0. The van der Waals surface area contributed by atoms with Crippen LogP contribution in [0.1, 0.15) is 12.8 Å². The Morgan fingerprint density at radius 3 is 2.33 bits per heavy atom. The molecule has 1 saturated heterocycles. The molecule has 0 aromatic heterocycles. The van der Waals surface area contributed by atoms with E-state index in [1.165, 1.54) is 24.3 Å². The standard InChI is InChI=1S/C13H17NO6S/c15-11-3-1-10(2-4-11)14(9-13(16)17)21(18,19)12-5-7-20-8-6-12/h1-4,12,15H,5-9H2,(H,16,17). The highest BCUT2D eigenvalue weighted by Gasteiger charge is 2.34. The van der Waals surface area contributed by atoms with E-state index in [4.69, 9.17) is 9.84 Å². The van der Waals surface area contributed by atoms with Crippen molar-refractivity contribution in [1.29, 1.82) is 0 Å². The lowest BCUT2D eigenvalue weighted by molar-refractivity contribution is -0.135. The van der Waals surface area contributed by atoms with Gasteiger partial charge in [0.1, 0.15) is 12.3 Å². The van der Waals surface area contributed by atoms with Gasteiger partial charge in [-0.2, -0.15) is 0 Å². The van der Waals surface area contributed by atoms with Crippen molar-refractivity contribution in [2.45, 2.75) is 18.1 Å². The molecule has 1 heterocycles. The fraction of sp³-hybridized carbons (Fsp3) is 0.462. The van der Waals surface area contributed by atoms with Crippen LogP contribution in [0.5, 0.6) is 5.75 Å². The second-order valence-electron chi connectivity index (χ2n) is 4.77. The van der Waals surface area contributed by atoms with Gasteiger partial charge in [0.15, 0.2) is 0 Å². The molecular formula is C13H17NO6S. The van der Waals surface area contributed by atoms with Gasteiger partial charge >= 0.3 is 5.97 Å². The Kier molecular flexibility index (Phi) is 4.69. The molecule has 1 aliphatic heterocycles. The number of rotatable bonds is 5. The average molecular weight is 315 g/mol. The Bertz CT molecular complexity index is 592. The smallest absolute Gasteiger partial charge is 0.324 e. The van der Waals surface area contributed by atoms with E-state index >= 15 is 0 Å². The fourth-order valence-corrected chi connectivity index (χ4v) is 4.08. The number of benzene rings is 1. The number of carboxylic acids is 1. The maximum Gasteiger partial charge on any atom is 0.324 e. The van der Waals surface area contributed by atoms with E-state index in [-0.39, 0.29) is 11.4 Å². The van der Waals surface area contributed by atoms with Crippen molar-refractivity contribution in [3.63, 3.8) is 0 Å². The summed E-state index contributed by atoms with van der Waals surface area (Å²) in [5.41, 5.74) is 0.224. The van der Waals surface area contributed by atoms with Crippen molar-refractivity contribution in [2.75, 3.05) is 24.1 Å². The van der Waals surface area contributed by atoms with Gasteiger partial charge in [-0.05, 0) is 37.1 Å². The summed E-state index contributed by atoms with van der Waals surface area (Å²) in [4.78, 5) is 11.0. The molecule has 0 unspecified atom stereocenters. The molecule has 1 aromatic rings. The van der Waals surface area contributed by atoms with Gasteiger partial charge < -0.3 is 14.9 Å². The van der Waals surface area contributed by atoms with Crippen LogP contribution in [0.25, 0.3) is 0 Å². The Labute approximate surface area is 122 Å². The number of sulfonamides is 1. The SMILES string of the molecule is O=C(O)CN(c1ccc(O)cc1)S(=O)(=O)C1CCOCC1. The van der Waals surface area contributed by atoms with E-state index in [1.807, 2.05) is 0 Å². The molecule has 21 heavy (non-hydrogen) atoms. The van der Waals surface area contributed by atoms with Gasteiger partial charge in [0.25, 0.3) is 0 Å². The number of hydrogen-bond acceptors (Lipinski definition) is 5. The van der Waals surface area contributed by atoms with Crippen LogP contribution < -0.4 is 4.31 Å². The molecule has 0 radical (unpaired) electrons. The highest BCUT2D eigenvalue weighted by molar-refractivity contribution is 7.93. The molecule has 1 aromatic carbocycles. The number of hydrogen-bond donors (Lipinski definition) is 2. The highest BCUT2D eigenvalue weighted by atomic mass is 32.2. The predicted molar refractivity (Wildman–Crippen MR) is 75.8 cm³/mol. The number of phenols is 1. The molecular weight excluding hydrogens is 298 g/mol. The van der Waals surface area contributed by atoms with Crippen LogP contribution in [0, 0.1) is 0 Å². The van der Waals surface area contributed by atoms with Crippen molar-refractivity contribution in [3.05, 3.63) is 24.3 Å². The van der Waals surface area contributed by atoms with Crippen molar-refractivity contribution < 1.29 is 28.2 Å². The Morgan fingerprint density at radius 2 is 1.81 bits per heavy atom. The number of anilines is 1. The number of phenolic OH excluding ortho intramolecular Hbond substituents is 1. The van der Waals surface area contributed by atoms with E-state index in [2.05, 4.69) is 0 Å². The van der Waals surface area contributed by atoms with Gasteiger partial charge in [-0.3, -0.25) is 9.10 Å². The molecule has 8 heteroatoms. The first-order valence-electron chi connectivity index (χ1n) is 6.51. The third-order valence-electron chi connectivity index (χ3n) is 3.31. The van der Waals surface area contributed by atoms with Crippen LogP contribution in [-0.4, -0.2) is 49.6 Å².